The predicted molar refractivity (Wildman–Crippen MR) is 175 cm³/mol. The maximum Gasteiger partial charge on any atom is 0.407 e. The summed E-state index contributed by atoms with van der Waals surface area (Å²) in [5.74, 6) is -1.58. The summed E-state index contributed by atoms with van der Waals surface area (Å²) in [5, 5.41) is 15.7. The van der Waals surface area contributed by atoms with Crippen molar-refractivity contribution < 1.29 is 33.8 Å². The second kappa shape index (κ2) is 14.7. The van der Waals surface area contributed by atoms with E-state index in [2.05, 4.69) is 34.9 Å². The molecule has 10 nitrogen and oxygen atoms in total. The second-order valence-corrected chi connectivity index (χ2v) is 13.4. The van der Waals surface area contributed by atoms with Crippen LogP contribution in [0.1, 0.15) is 81.3 Å². The monoisotopic (exact) mass is 643 g/mol. The number of fused-ring (bicyclic) bond motifs is 4. The number of aliphatic hydroxyl groups excluding tert-OH is 1. The number of aliphatic hydroxyl groups is 1. The number of nitrogens with one attached hydrogen (secondary N) is 2. The van der Waals surface area contributed by atoms with Crippen LogP contribution in [0.15, 0.2) is 60.7 Å². The number of carbonyl (C=O) groups excluding carboxylic acids is 4. The number of allylic oxidation sites excluding steroid dienone is 2. The van der Waals surface area contributed by atoms with Crippen LogP contribution >= 0.6 is 0 Å². The molecule has 2 aromatic rings. The molecule has 3 atom stereocenters. The zero-order chi connectivity index (χ0) is 32.8. The number of nitrogens with zero attached hydrogens (tertiary/aromatic N) is 1. The molecular formula is C37H45N3O7. The van der Waals surface area contributed by atoms with E-state index in [1.165, 1.54) is 0 Å². The number of hydrogen-bond acceptors (Lipinski definition) is 7. The fraction of sp³-hybridized carbons (Fsp3) is 0.514. The van der Waals surface area contributed by atoms with Gasteiger partial charge in [-0.1, -0.05) is 73.5 Å². The number of benzene rings is 2. The molecule has 250 valence electrons. The van der Waals surface area contributed by atoms with Crippen LogP contribution in [0, 0.1) is 5.92 Å². The van der Waals surface area contributed by atoms with Crippen LogP contribution in [-0.4, -0.2) is 77.9 Å². The molecule has 3 N–H and O–H groups in total. The summed E-state index contributed by atoms with van der Waals surface area (Å²) < 4.78 is 11.4. The van der Waals surface area contributed by atoms with E-state index in [1.807, 2.05) is 36.4 Å². The van der Waals surface area contributed by atoms with Gasteiger partial charge in [0.1, 0.15) is 19.3 Å². The van der Waals surface area contributed by atoms with Crippen molar-refractivity contribution in [2.75, 3.05) is 26.4 Å². The highest BCUT2D eigenvalue weighted by Gasteiger charge is 2.38. The Balaban J connectivity index is 1.09. The topological polar surface area (TPSA) is 134 Å². The van der Waals surface area contributed by atoms with Crippen molar-refractivity contribution in [3.63, 3.8) is 0 Å². The van der Waals surface area contributed by atoms with Gasteiger partial charge in [-0.25, -0.2) is 9.59 Å². The molecule has 3 amide bonds. The van der Waals surface area contributed by atoms with Gasteiger partial charge in [0, 0.05) is 18.9 Å². The quantitative estimate of drug-likeness (QED) is 0.297. The van der Waals surface area contributed by atoms with Crippen LogP contribution in [0.4, 0.5) is 4.79 Å². The van der Waals surface area contributed by atoms with E-state index in [0.717, 1.165) is 54.4 Å². The van der Waals surface area contributed by atoms with Gasteiger partial charge in [-0.3, -0.25) is 9.59 Å². The zero-order valence-corrected chi connectivity index (χ0v) is 26.8. The summed E-state index contributed by atoms with van der Waals surface area (Å²) in [5.41, 5.74) is 3.87. The van der Waals surface area contributed by atoms with Gasteiger partial charge in [-0.2, -0.15) is 0 Å². The molecule has 6 rings (SSSR count). The second-order valence-electron chi connectivity index (χ2n) is 13.4. The van der Waals surface area contributed by atoms with E-state index < -0.39 is 29.6 Å². The van der Waals surface area contributed by atoms with E-state index >= 15 is 0 Å². The summed E-state index contributed by atoms with van der Waals surface area (Å²) in [6, 6.07) is 15.0. The van der Waals surface area contributed by atoms with Crippen LogP contribution in [0.5, 0.6) is 0 Å². The van der Waals surface area contributed by atoms with Gasteiger partial charge in [0.15, 0.2) is 0 Å². The van der Waals surface area contributed by atoms with Crippen molar-refractivity contribution in [1.82, 2.24) is 15.5 Å². The first-order valence-corrected chi connectivity index (χ1v) is 17.0. The number of ether oxygens (including phenoxy) is 2. The number of esters is 1. The van der Waals surface area contributed by atoms with Gasteiger partial charge in [0.25, 0.3) is 0 Å². The number of hydrogen-bond donors (Lipinski definition) is 3. The fourth-order valence-electron chi connectivity index (χ4n) is 7.70. The number of cyclic esters (lactones) is 1. The van der Waals surface area contributed by atoms with Crippen LogP contribution in [0.3, 0.4) is 0 Å². The summed E-state index contributed by atoms with van der Waals surface area (Å²) in [7, 11) is 0. The molecule has 2 aliphatic carbocycles. The number of carbonyl (C=O) groups is 4. The molecule has 47 heavy (non-hydrogen) atoms. The highest BCUT2D eigenvalue weighted by atomic mass is 16.6. The number of rotatable bonds is 7. The first-order valence-electron chi connectivity index (χ1n) is 17.0. The lowest BCUT2D eigenvalue weighted by Gasteiger charge is -2.31. The Hall–Kier alpha value is -4.18. The van der Waals surface area contributed by atoms with E-state index in [4.69, 9.17) is 9.47 Å². The molecule has 0 bridgehead atoms. The van der Waals surface area contributed by atoms with E-state index in [1.54, 1.807) is 4.90 Å². The SMILES string of the molecule is O=C(C[C@H]1CC=CCC[C@@H](NC(=O)OCC2c3ccccc3-c3ccccc32)C(=O)OC[C@@H]2CCCN2C1=O)NC1(CO)CCCC1. The van der Waals surface area contributed by atoms with Crippen LogP contribution < -0.4 is 10.6 Å². The van der Waals surface area contributed by atoms with Crippen molar-refractivity contribution in [2.24, 2.45) is 5.92 Å². The van der Waals surface area contributed by atoms with Crippen molar-refractivity contribution in [3.8, 4) is 11.1 Å². The van der Waals surface area contributed by atoms with Gasteiger partial charge >= 0.3 is 12.1 Å². The van der Waals surface area contributed by atoms with E-state index in [0.29, 0.717) is 32.2 Å². The zero-order valence-electron chi connectivity index (χ0n) is 26.8. The summed E-state index contributed by atoms with van der Waals surface area (Å²) in [6.45, 7) is 0.579. The predicted octanol–water partition coefficient (Wildman–Crippen LogP) is 4.60. The summed E-state index contributed by atoms with van der Waals surface area (Å²) >= 11 is 0. The van der Waals surface area contributed by atoms with Crippen LogP contribution in [-0.2, 0) is 23.9 Å². The Morgan fingerprint density at radius 2 is 1.66 bits per heavy atom. The first-order chi connectivity index (χ1) is 22.9. The molecule has 0 spiro atoms. The Morgan fingerprint density at radius 3 is 2.36 bits per heavy atom. The molecule has 2 aromatic carbocycles. The Bertz CT molecular complexity index is 1450. The van der Waals surface area contributed by atoms with Crippen LogP contribution in [0.25, 0.3) is 11.1 Å². The van der Waals surface area contributed by atoms with Gasteiger partial charge in [-0.05, 0) is 67.2 Å². The largest absolute Gasteiger partial charge is 0.462 e. The van der Waals surface area contributed by atoms with Gasteiger partial charge in [0.05, 0.1) is 24.1 Å². The van der Waals surface area contributed by atoms with Crippen molar-refractivity contribution in [2.45, 2.75) is 87.7 Å². The lowest BCUT2D eigenvalue weighted by Crippen LogP contribution is -2.50. The van der Waals surface area contributed by atoms with Crippen molar-refractivity contribution in [3.05, 3.63) is 71.8 Å². The Kier molecular flexibility index (Phi) is 10.3. The maximum absolute atomic E-state index is 13.7. The third-order valence-corrected chi connectivity index (χ3v) is 10.3. The van der Waals surface area contributed by atoms with Crippen molar-refractivity contribution in [1.29, 1.82) is 0 Å². The molecule has 2 fully saturated rings. The smallest absolute Gasteiger partial charge is 0.407 e. The van der Waals surface area contributed by atoms with E-state index in [9.17, 15) is 24.3 Å². The Morgan fingerprint density at radius 1 is 0.957 bits per heavy atom. The molecule has 10 heteroatoms. The summed E-state index contributed by atoms with van der Waals surface area (Å²) in [4.78, 5) is 54.9. The van der Waals surface area contributed by atoms with Crippen LogP contribution in [0.2, 0.25) is 0 Å². The minimum absolute atomic E-state index is 0.0212. The van der Waals surface area contributed by atoms with Gasteiger partial charge in [0.2, 0.25) is 11.8 Å². The van der Waals surface area contributed by atoms with Gasteiger partial charge < -0.3 is 30.1 Å². The third-order valence-electron chi connectivity index (χ3n) is 10.3. The maximum atomic E-state index is 13.7. The standard InChI is InChI=1S/C37H45N3O7/c41-24-37(18-8-9-19-37)39-33(42)21-25-11-2-1-3-17-32(35(44)46-22-26-12-10-20-40(26)34(25)43)38-36(45)47-23-31-29-15-6-4-13-27(29)28-14-5-7-16-30(28)31/h1-2,4-7,13-16,25-26,31-32,41H,3,8-12,17-24H2,(H,38,45)(H,39,42)/t25-,26+,32-/m1/s1. The van der Waals surface area contributed by atoms with Crippen molar-refractivity contribution >= 4 is 23.9 Å². The highest BCUT2D eigenvalue weighted by Crippen LogP contribution is 2.44. The third kappa shape index (κ3) is 7.38. The molecule has 0 unspecified atom stereocenters. The highest BCUT2D eigenvalue weighted by molar-refractivity contribution is 5.87. The lowest BCUT2D eigenvalue weighted by atomic mass is 9.95. The minimum atomic E-state index is -0.913. The fourth-order valence-corrected chi connectivity index (χ4v) is 7.70. The molecule has 1 saturated heterocycles. The molecule has 0 aromatic heterocycles. The molecule has 2 aliphatic heterocycles. The first kappa shape index (κ1) is 32.7. The number of alkyl carbamates (subject to hydrolysis) is 1. The molecule has 0 radical (unpaired) electrons. The minimum Gasteiger partial charge on any atom is -0.462 e. The molecule has 4 aliphatic rings. The molecule has 2 heterocycles. The van der Waals surface area contributed by atoms with E-state index in [-0.39, 0.29) is 50.0 Å². The summed E-state index contributed by atoms with van der Waals surface area (Å²) in [6.07, 6.45) is 9.07. The Labute approximate surface area is 275 Å². The molecular weight excluding hydrogens is 598 g/mol. The van der Waals surface area contributed by atoms with Gasteiger partial charge in [-0.15, -0.1) is 0 Å². The number of amides is 3. The average Bonchev–Trinajstić information content (AvgIpc) is 3.82. The lowest BCUT2D eigenvalue weighted by molar-refractivity contribution is -0.150. The normalized spacial score (nSPS) is 24.2. The average molecular weight is 644 g/mol. The molecule has 1 saturated carbocycles.